The number of benzene rings is 1. The SMILES string of the molecule is O=C(NCC1CCCCC1)Oc1cnc(Nc2cccc(Cl)c2F)nc1C(F)(F)F. The molecule has 1 fully saturated rings. The van der Waals surface area contributed by atoms with Gasteiger partial charge in [0.1, 0.15) is 0 Å². The van der Waals surface area contributed by atoms with Gasteiger partial charge in [0.05, 0.1) is 16.9 Å². The summed E-state index contributed by atoms with van der Waals surface area (Å²) < 4.78 is 59.0. The third kappa shape index (κ3) is 5.71. The molecule has 1 aromatic carbocycles. The van der Waals surface area contributed by atoms with Gasteiger partial charge < -0.3 is 15.4 Å². The fraction of sp³-hybridized carbons (Fsp3) is 0.421. The molecule has 30 heavy (non-hydrogen) atoms. The fourth-order valence-corrected chi connectivity index (χ4v) is 3.36. The van der Waals surface area contributed by atoms with Gasteiger partial charge in [0.25, 0.3) is 0 Å². The molecule has 0 unspecified atom stereocenters. The van der Waals surface area contributed by atoms with Gasteiger partial charge in [-0.2, -0.15) is 13.2 Å². The quantitative estimate of drug-likeness (QED) is 0.576. The summed E-state index contributed by atoms with van der Waals surface area (Å²) in [5.74, 6) is -1.96. The number of aromatic nitrogens is 2. The van der Waals surface area contributed by atoms with E-state index in [9.17, 15) is 22.4 Å². The lowest BCUT2D eigenvalue weighted by Gasteiger charge is -2.21. The number of hydrogen-bond acceptors (Lipinski definition) is 5. The molecule has 1 aliphatic carbocycles. The number of ether oxygens (including phenoxy) is 1. The van der Waals surface area contributed by atoms with Crippen LogP contribution < -0.4 is 15.4 Å². The molecule has 11 heteroatoms. The largest absolute Gasteiger partial charge is 0.437 e. The number of carbonyl (C=O) groups is 1. The van der Waals surface area contributed by atoms with Gasteiger partial charge >= 0.3 is 12.3 Å². The average Bonchev–Trinajstić information content (AvgIpc) is 2.71. The van der Waals surface area contributed by atoms with Crippen molar-refractivity contribution in [3.05, 3.63) is 40.9 Å². The number of nitrogens with one attached hydrogen (secondary N) is 2. The van der Waals surface area contributed by atoms with Crippen molar-refractivity contribution in [1.82, 2.24) is 15.3 Å². The normalized spacial score (nSPS) is 15.0. The summed E-state index contributed by atoms with van der Waals surface area (Å²) in [6.45, 7) is 0.328. The van der Waals surface area contributed by atoms with E-state index in [1.54, 1.807) is 0 Å². The molecule has 162 valence electrons. The van der Waals surface area contributed by atoms with Crippen LogP contribution in [0.15, 0.2) is 24.4 Å². The van der Waals surface area contributed by atoms with Crippen LogP contribution in [-0.4, -0.2) is 22.6 Å². The Morgan fingerprint density at radius 1 is 1.23 bits per heavy atom. The molecule has 1 amide bonds. The smallest absolute Gasteiger partial charge is 0.406 e. The molecule has 2 N–H and O–H groups in total. The summed E-state index contributed by atoms with van der Waals surface area (Å²) in [6.07, 6.45) is -0.0469. The maximum atomic E-state index is 14.0. The van der Waals surface area contributed by atoms with Crippen LogP contribution in [0.25, 0.3) is 0 Å². The Hall–Kier alpha value is -2.62. The van der Waals surface area contributed by atoms with Crippen LogP contribution in [0.4, 0.5) is 34.0 Å². The number of nitrogens with zero attached hydrogens (tertiary/aromatic N) is 2. The first-order valence-electron chi connectivity index (χ1n) is 9.35. The van der Waals surface area contributed by atoms with E-state index >= 15 is 0 Å². The Labute approximate surface area is 175 Å². The Morgan fingerprint density at radius 3 is 2.67 bits per heavy atom. The van der Waals surface area contributed by atoms with Crippen molar-refractivity contribution >= 4 is 29.3 Å². The highest BCUT2D eigenvalue weighted by molar-refractivity contribution is 6.31. The Balaban J connectivity index is 1.72. The first kappa shape index (κ1) is 22.1. The highest BCUT2D eigenvalue weighted by Crippen LogP contribution is 2.35. The van der Waals surface area contributed by atoms with E-state index in [-0.39, 0.29) is 16.6 Å². The molecule has 0 bridgehead atoms. The monoisotopic (exact) mass is 446 g/mol. The zero-order valence-electron chi connectivity index (χ0n) is 15.7. The molecule has 1 heterocycles. The topological polar surface area (TPSA) is 76.1 Å². The summed E-state index contributed by atoms with van der Waals surface area (Å²) in [4.78, 5) is 19.0. The maximum Gasteiger partial charge on any atom is 0.437 e. The first-order valence-corrected chi connectivity index (χ1v) is 9.73. The summed E-state index contributed by atoms with van der Waals surface area (Å²) in [5.41, 5.74) is -1.66. The van der Waals surface area contributed by atoms with E-state index < -0.39 is 35.5 Å². The van der Waals surface area contributed by atoms with E-state index in [1.807, 2.05) is 0 Å². The van der Waals surface area contributed by atoms with Crippen LogP contribution in [0.5, 0.6) is 5.75 Å². The van der Waals surface area contributed by atoms with Crippen molar-refractivity contribution in [2.45, 2.75) is 38.3 Å². The number of amides is 1. The van der Waals surface area contributed by atoms with Gasteiger partial charge in [0, 0.05) is 6.54 Å². The lowest BCUT2D eigenvalue weighted by Crippen LogP contribution is -2.33. The lowest BCUT2D eigenvalue weighted by atomic mass is 9.89. The number of rotatable bonds is 5. The van der Waals surface area contributed by atoms with E-state index in [2.05, 4.69) is 20.6 Å². The second-order valence-electron chi connectivity index (χ2n) is 6.91. The predicted molar refractivity (Wildman–Crippen MR) is 102 cm³/mol. The van der Waals surface area contributed by atoms with Crippen LogP contribution in [0, 0.1) is 11.7 Å². The molecule has 0 spiro atoms. The van der Waals surface area contributed by atoms with E-state index in [0.717, 1.165) is 32.1 Å². The molecule has 1 saturated carbocycles. The van der Waals surface area contributed by atoms with Gasteiger partial charge in [-0.3, -0.25) is 0 Å². The zero-order chi connectivity index (χ0) is 21.7. The summed E-state index contributed by atoms with van der Waals surface area (Å²) >= 11 is 5.65. The minimum absolute atomic E-state index is 0.200. The van der Waals surface area contributed by atoms with Crippen LogP contribution in [0.1, 0.15) is 37.8 Å². The van der Waals surface area contributed by atoms with Gasteiger partial charge in [-0.25, -0.2) is 19.2 Å². The lowest BCUT2D eigenvalue weighted by molar-refractivity contribution is -0.142. The third-order valence-electron chi connectivity index (χ3n) is 4.68. The van der Waals surface area contributed by atoms with Gasteiger partial charge in [-0.1, -0.05) is 36.9 Å². The van der Waals surface area contributed by atoms with E-state index in [1.165, 1.54) is 18.2 Å². The molecular weight excluding hydrogens is 428 g/mol. The number of hydrogen-bond donors (Lipinski definition) is 2. The minimum Gasteiger partial charge on any atom is -0.406 e. The van der Waals surface area contributed by atoms with Crippen molar-refractivity contribution in [3.63, 3.8) is 0 Å². The molecule has 1 aliphatic rings. The van der Waals surface area contributed by atoms with Gasteiger partial charge in [-0.05, 0) is 30.9 Å². The number of alkyl halides is 3. The van der Waals surface area contributed by atoms with Crippen molar-refractivity contribution < 1.29 is 27.1 Å². The van der Waals surface area contributed by atoms with Crippen LogP contribution in [-0.2, 0) is 6.18 Å². The van der Waals surface area contributed by atoms with Crippen LogP contribution >= 0.6 is 11.6 Å². The van der Waals surface area contributed by atoms with E-state index in [4.69, 9.17) is 16.3 Å². The summed E-state index contributed by atoms with van der Waals surface area (Å²) in [5, 5.41) is 4.60. The second-order valence-corrected chi connectivity index (χ2v) is 7.31. The maximum absolute atomic E-state index is 14.0. The summed E-state index contributed by atoms with van der Waals surface area (Å²) in [6, 6.07) is 3.96. The predicted octanol–water partition coefficient (Wildman–Crippen LogP) is 5.70. The van der Waals surface area contributed by atoms with Crippen LogP contribution in [0.3, 0.4) is 0 Å². The Morgan fingerprint density at radius 2 is 1.97 bits per heavy atom. The highest BCUT2D eigenvalue weighted by atomic mass is 35.5. The number of anilines is 2. The van der Waals surface area contributed by atoms with Crippen molar-refractivity contribution in [1.29, 1.82) is 0 Å². The molecule has 6 nitrogen and oxygen atoms in total. The molecule has 1 aromatic heterocycles. The molecule has 3 rings (SSSR count). The second kappa shape index (κ2) is 9.46. The molecular formula is C19H19ClF4N4O2. The minimum atomic E-state index is -4.93. The van der Waals surface area contributed by atoms with Gasteiger partial charge in [-0.15, -0.1) is 0 Å². The fourth-order valence-electron chi connectivity index (χ4n) is 3.18. The van der Waals surface area contributed by atoms with Crippen molar-refractivity contribution in [2.24, 2.45) is 5.92 Å². The zero-order valence-corrected chi connectivity index (χ0v) is 16.5. The average molecular weight is 447 g/mol. The molecule has 0 saturated heterocycles. The van der Waals surface area contributed by atoms with Crippen LogP contribution in [0.2, 0.25) is 5.02 Å². The van der Waals surface area contributed by atoms with Gasteiger partial charge in [0.2, 0.25) is 5.95 Å². The first-order chi connectivity index (χ1) is 14.2. The molecule has 2 aromatic rings. The van der Waals surface area contributed by atoms with E-state index in [0.29, 0.717) is 12.7 Å². The van der Waals surface area contributed by atoms with Crippen molar-refractivity contribution in [2.75, 3.05) is 11.9 Å². The summed E-state index contributed by atoms with van der Waals surface area (Å²) in [7, 11) is 0. The van der Waals surface area contributed by atoms with Crippen molar-refractivity contribution in [3.8, 4) is 5.75 Å². The highest BCUT2D eigenvalue weighted by Gasteiger charge is 2.38. The molecule has 0 aliphatic heterocycles. The Kier molecular flexibility index (Phi) is 6.96. The standard InChI is InChI=1S/C19H19ClF4N4O2/c20-12-7-4-8-13(15(12)21)27-17-25-10-14(16(28-17)19(22,23)24)30-18(29)26-9-11-5-2-1-3-6-11/h4,7-8,10-11H,1-3,5-6,9H2,(H,26,29)(H,25,27,28). The molecule has 0 atom stereocenters. The number of halogens is 5. The third-order valence-corrected chi connectivity index (χ3v) is 4.98. The molecule has 0 radical (unpaired) electrons. The number of carbonyl (C=O) groups excluding carboxylic acids is 1. The Bertz CT molecular complexity index is 905. The van der Waals surface area contributed by atoms with Gasteiger partial charge in [0.15, 0.2) is 17.3 Å².